The van der Waals surface area contributed by atoms with E-state index in [2.05, 4.69) is 0 Å². The Balaban J connectivity index is 2.83. The molecule has 0 saturated carbocycles. The van der Waals surface area contributed by atoms with Gasteiger partial charge in [0.15, 0.2) is 0 Å². The van der Waals surface area contributed by atoms with E-state index in [9.17, 15) is 18.0 Å². The molecule has 0 spiro atoms. The normalized spacial score (nSPS) is 26.6. The van der Waals surface area contributed by atoms with Crippen LogP contribution in [0.3, 0.4) is 0 Å². The van der Waals surface area contributed by atoms with Crippen molar-refractivity contribution in [1.82, 2.24) is 0 Å². The van der Waals surface area contributed by atoms with Crippen molar-refractivity contribution in [1.29, 1.82) is 0 Å². The summed E-state index contributed by atoms with van der Waals surface area (Å²) < 4.78 is 37.4. The smallest absolute Gasteiger partial charge is 0.303 e. The second-order valence-electron chi connectivity index (χ2n) is 4.57. The van der Waals surface area contributed by atoms with Crippen molar-refractivity contribution in [2.24, 2.45) is 0 Å². The molecule has 0 amide bonds. The van der Waals surface area contributed by atoms with Gasteiger partial charge in [-0.3, -0.25) is 13.8 Å². The van der Waals surface area contributed by atoms with Crippen molar-refractivity contribution in [3.63, 3.8) is 0 Å². The maximum absolute atomic E-state index is 11.2. The average Bonchev–Trinajstić information content (AvgIpc) is 2.36. The van der Waals surface area contributed by atoms with Crippen molar-refractivity contribution in [2.75, 3.05) is 6.26 Å². The van der Waals surface area contributed by atoms with Crippen LogP contribution in [-0.4, -0.2) is 44.9 Å². The number of ether oxygens (including phenoxy) is 2. The van der Waals surface area contributed by atoms with E-state index in [0.717, 1.165) is 6.26 Å². The molecule has 1 unspecified atom stereocenters. The quantitative estimate of drug-likeness (QED) is 0.425. The zero-order valence-corrected chi connectivity index (χ0v) is 12.4. The topological polar surface area (TPSA) is 96.0 Å². The predicted molar refractivity (Wildman–Crippen MR) is 69.2 cm³/mol. The van der Waals surface area contributed by atoms with Gasteiger partial charge in [-0.15, -0.1) is 0 Å². The molecule has 3 atom stereocenters. The first-order chi connectivity index (χ1) is 9.15. The minimum atomic E-state index is -3.65. The van der Waals surface area contributed by atoms with Gasteiger partial charge in [-0.2, -0.15) is 8.42 Å². The van der Waals surface area contributed by atoms with Gasteiger partial charge in [-0.05, 0) is 12.2 Å². The molecule has 0 heterocycles. The van der Waals surface area contributed by atoms with Crippen LogP contribution in [0.2, 0.25) is 0 Å². The summed E-state index contributed by atoms with van der Waals surface area (Å²) in [5, 5.41) is 0. The lowest BCUT2D eigenvalue weighted by atomic mass is 10.1. The highest BCUT2D eigenvalue weighted by atomic mass is 32.2. The third kappa shape index (κ3) is 6.67. The lowest BCUT2D eigenvalue weighted by molar-refractivity contribution is -0.145. The third-order valence-corrected chi connectivity index (χ3v) is 3.10. The summed E-state index contributed by atoms with van der Waals surface area (Å²) >= 11 is 0. The molecule has 0 aromatic rings. The summed E-state index contributed by atoms with van der Waals surface area (Å²) in [4.78, 5) is 21.9. The summed E-state index contributed by atoms with van der Waals surface area (Å²) in [5.74, 6) is -0.965. The average molecular weight is 306 g/mol. The van der Waals surface area contributed by atoms with E-state index in [4.69, 9.17) is 13.7 Å². The Labute approximate surface area is 118 Å². The fourth-order valence-electron chi connectivity index (χ4n) is 1.95. The molecule has 0 saturated heterocycles. The van der Waals surface area contributed by atoms with E-state index in [1.165, 1.54) is 13.8 Å². The van der Waals surface area contributed by atoms with Gasteiger partial charge >= 0.3 is 11.9 Å². The monoisotopic (exact) mass is 306 g/mol. The summed E-state index contributed by atoms with van der Waals surface area (Å²) in [7, 11) is -3.65. The maximum atomic E-state index is 11.2. The standard InChI is InChI=1S/C12H18O7S/c1-8(13)17-10-4-5-11(18-9(2)14)7-12(6-10)19-20(3,15)16/h4-5,10-12H,6-7H2,1-3H3/t10-,11+,12?. The molecule has 20 heavy (non-hydrogen) atoms. The van der Waals surface area contributed by atoms with Gasteiger partial charge in [0.05, 0.1) is 12.4 Å². The molecule has 7 nitrogen and oxygen atoms in total. The summed E-state index contributed by atoms with van der Waals surface area (Å²) in [5.41, 5.74) is 0. The van der Waals surface area contributed by atoms with Crippen molar-refractivity contribution in [2.45, 2.75) is 45.0 Å². The van der Waals surface area contributed by atoms with Gasteiger partial charge in [0.25, 0.3) is 10.1 Å². The highest BCUT2D eigenvalue weighted by molar-refractivity contribution is 7.86. The van der Waals surface area contributed by atoms with Gasteiger partial charge in [-0.1, -0.05) is 0 Å². The van der Waals surface area contributed by atoms with E-state index >= 15 is 0 Å². The Morgan fingerprint density at radius 3 is 1.70 bits per heavy atom. The molecule has 0 radical (unpaired) electrons. The highest BCUT2D eigenvalue weighted by Gasteiger charge is 2.28. The fraction of sp³-hybridized carbons (Fsp3) is 0.667. The molecule has 1 aliphatic carbocycles. The first-order valence-corrected chi connectivity index (χ1v) is 7.88. The van der Waals surface area contributed by atoms with Crippen molar-refractivity contribution >= 4 is 22.1 Å². The molecule has 0 aromatic carbocycles. The molecule has 114 valence electrons. The Bertz CT molecular complexity index is 466. The Morgan fingerprint density at radius 2 is 1.40 bits per heavy atom. The summed E-state index contributed by atoms with van der Waals surface area (Å²) in [6.07, 6.45) is 2.49. The van der Waals surface area contributed by atoms with E-state index in [1.807, 2.05) is 0 Å². The molecular weight excluding hydrogens is 288 g/mol. The van der Waals surface area contributed by atoms with Gasteiger partial charge in [0, 0.05) is 26.7 Å². The maximum Gasteiger partial charge on any atom is 0.303 e. The van der Waals surface area contributed by atoms with Crippen LogP contribution in [0.15, 0.2) is 12.2 Å². The van der Waals surface area contributed by atoms with Crippen LogP contribution in [0.1, 0.15) is 26.7 Å². The number of hydrogen-bond acceptors (Lipinski definition) is 7. The van der Waals surface area contributed by atoms with Gasteiger partial charge < -0.3 is 9.47 Å². The van der Waals surface area contributed by atoms with Crippen LogP contribution in [0.5, 0.6) is 0 Å². The van der Waals surface area contributed by atoms with Crippen molar-refractivity contribution < 1.29 is 31.7 Å². The first-order valence-electron chi connectivity index (χ1n) is 6.06. The summed E-state index contributed by atoms with van der Waals surface area (Å²) in [6, 6.07) is 0. The molecular formula is C12H18O7S. The Hall–Kier alpha value is -1.41. The number of carbonyl (C=O) groups is 2. The predicted octanol–water partition coefficient (Wildman–Crippen LogP) is 0.545. The van der Waals surface area contributed by atoms with Gasteiger partial charge in [0.2, 0.25) is 0 Å². The van der Waals surface area contributed by atoms with Gasteiger partial charge in [-0.25, -0.2) is 0 Å². The highest BCUT2D eigenvalue weighted by Crippen LogP contribution is 2.21. The molecule has 0 aliphatic heterocycles. The zero-order chi connectivity index (χ0) is 15.3. The van der Waals surface area contributed by atoms with Crippen molar-refractivity contribution in [3.8, 4) is 0 Å². The van der Waals surface area contributed by atoms with E-state index < -0.39 is 40.4 Å². The molecule has 8 heteroatoms. The lowest BCUT2D eigenvalue weighted by Gasteiger charge is -2.20. The second-order valence-corrected chi connectivity index (χ2v) is 6.18. The fourth-order valence-corrected chi connectivity index (χ4v) is 2.60. The van der Waals surface area contributed by atoms with Crippen molar-refractivity contribution in [3.05, 3.63) is 12.2 Å². The lowest BCUT2D eigenvalue weighted by Crippen LogP contribution is -2.27. The van der Waals surface area contributed by atoms with Crippen LogP contribution >= 0.6 is 0 Å². The first kappa shape index (κ1) is 16.6. The van der Waals surface area contributed by atoms with E-state index in [-0.39, 0.29) is 12.8 Å². The SMILES string of the molecule is CC(=O)O[C@@H]1C=C[C@H](OC(C)=O)CC(OS(C)(=O)=O)C1. The van der Waals surface area contributed by atoms with Crippen LogP contribution < -0.4 is 0 Å². The van der Waals surface area contributed by atoms with Crippen LogP contribution in [0, 0.1) is 0 Å². The largest absolute Gasteiger partial charge is 0.458 e. The Morgan fingerprint density at radius 1 is 1.00 bits per heavy atom. The third-order valence-electron chi connectivity index (χ3n) is 2.48. The Kier molecular flexibility index (Phi) is 5.70. The zero-order valence-electron chi connectivity index (χ0n) is 11.6. The second kappa shape index (κ2) is 6.85. The molecule has 0 N–H and O–H groups in total. The number of carbonyl (C=O) groups excluding carboxylic acids is 2. The molecule has 0 aromatic heterocycles. The molecule has 1 aliphatic rings. The number of hydrogen-bond donors (Lipinski definition) is 0. The molecule has 1 rings (SSSR count). The number of rotatable bonds is 4. The minimum absolute atomic E-state index is 0.181. The molecule has 0 fully saturated rings. The van der Waals surface area contributed by atoms with Crippen LogP contribution in [-0.2, 0) is 33.4 Å². The van der Waals surface area contributed by atoms with Crippen LogP contribution in [0.4, 0.5) is 0 Å². The molecule has 0 bridgehead atoms. The summed E-state index contributed by atoms with van der Waals surface area (Å²) in [6.45, 7) is 2.52. The van der Waals surface area contributed by atoms with Gasteiger partial charge in [0.1, 0.15) is 12.2 Å². The minimum Gasteiger partial charge on any atom is -0.458 e. The van der Waals surface area contributed by atoms with E-state index in [0.29, 0.717) is 0 Å². The number of esters is 2. The van der Waals surface area contributed by atoms with Crippen LogP contribution in [0.25, 0.3) is 0 Å². The van der Waals surface area contributed by atoms with E-state index in [1.54, 1.807) is 12.2 Å².